The van der Waals surface area contributed by atoms with Gasteiger partial charge in [-0.15, -0.1) is 0 Å². The van der Waals surface area contributed by atoms with Crippen molar-refractivity contribution in [2.45, 2.75) is 0 Å². The predicted molar refractivity (Wildman–Crippen MR) is 95.9 cm³/mol. The molecule has 0 saturated carbocycles. The third kappa shape index (κ3) is 4.12. The third-order valence-electron chi connectivity index (χ3n) is 4.17. The molecule has 1 aliphatic rings. The Balaban J connectivity index is 1.64. The molecule has 1 fully saturated rings. The van der Waals surface area contributed by atoms with E-state index in [4.69, 9.17) is 16.7 Å². The molecule has 0 spiro atoms. The number of amides is 1. The number of β-amino-alcohol motifs (C(OH)–C–C–N with tert-alkyl or cyclic N) is 1. The summed E-state index contributed by atoms with van der Waals surface area (Å²) in [5, 5.41) is 10.6. The van der Waals surface area contributed by atoms with Crippen molar-refractivity contribution >= 4 is 34.5 Å². The fourth-order valence-electron chi connectivity index (χ4n) is 2.79. The zero-order valence-corrected chi connectivity index (χ0v) is 14.1. The van der Waals surface area contributed by atoms with E-state index in [1.165, 1.54) is 0 Å². The molecule has 1 N–H and O–H groups in total. The lowest BCUT2D eigenvalue weighted by Crippen LogP contribution is -2.48. The number of nitrogens with zero attached hydrogens (tertiary/aromatic N) is 3. The Morgan fingerprint density at radius 3 is 2.71 bits per heavy atom. The van der Waals surface area contributed by atoms with E-state index in [0.29, 0.717) is 24.7 Å². The Kier molecular flexibility index (Phi) is 5.45. The highest BCUT2D eigenvalue weighted by Gasteiger charge is 2.18. The zero-order chi connectivity index (χ0) is 16.9. The monoisotopic (exact) mass is 345 g/mol. The van der Waals surface area contributed by atoms with E-state index >= 15 is 0 Å². The number of aliphatic hydroxyl groups is 1. The molecule has 3 rings (SSSR count). The number of carbonyl (C=O) groups excluding carboxylic acids is 1. The molecule has 6 heteroatoms. The third-order valence-corrected chi connectivity index (χ3v) is 4.41. The van der Waals surface area contributed by atoms with Gasteiger partial charge in [0.05, 0.1) is 17.8 Å². The summed E-state index contributed by atoms with van der Waals surface area (Å²) in [5.41, 5.74) is 1.55. The number of pyridine rings is 1. The van der Waals surface area contributed by atoms with Crippen LogP contribution in [0.4, 0.5) is 0 Å². The van der Waals surface area contributed by atoms with Crippen molar-refractivity contribution in [1.29, 1.82) is 0 Å². The summed E-state index contributed by atoms with van der Waals surface area (Å²) in [7, 11) is 0. The lowest BCUT2D eigenvalue weighted by Gasteiger charge is -2.33. The minimum Gasteiger partial charge on any atom is -0.395 e. The first-order chi connectivity index (χ1) is 11.7. The number of aliphatic hydroxyl groups excluding tert-OH is 1. The highest BCUT2D eigenvalue weighted by Crippen LogP contribution is 2.18. The number of aromatic nitrogens is 1. The smallest absolute Gasteiger partial charge is 0.246 e. The number of fused-ring (bicyclic) bond motifs is 1. The first-order valence-corrected chi connectivity index (χ1v) is 8.40. The topological polar surface area (TPSA) is 56.7 Å². The van der Waals surface area contributed by atoms with Crippen molar-refractivity contribution in [3.05, 3.63) is 47.1 Å². The van der Waals surface area contributed by atoms with Gasteiger partial charge in [-0.05, 0) is 24.3 Å². The molecule has 2 heterocycles. The van der Waals surface area contributed by atoms with Gasteiger partial charge in [-0.2, -0.15) is 0 Å². The fourth-order valence-corrected chi connectivity index (χ4v) is 2.96. The minimum atomic E-state index is -0.00774. The number of piperazine rings is 1. The van der Waals surface area contributed by atoms with Crippen LogP contribution in [-0.2, 0) is 4.79 Å². The van der Waals surface area contributed by atoms with Crippen molar-refractivity contribution < 1.29 is 9.90 Å². The maximum absolute atomic E-state index is 12.3. The summed E-state index contributed by atoms with van der Waals surface area (Å²) < 4.78 is 0. The summed E-state index contributed by atoms with van der Waals surface area (Å²) in [5.74, 6) is -0.00774. The van der Waals surface area contributed by atoms with Gasteiger partial charge in [-0.25, -0.2) is 4.98 Å². The zero-order valence-electron chi connectivity index (χ0n) is 13.4. The normalized spacial score (nSPS) is 16.2. The molecule has 0 atom stereocenters. The molecule has 0 unspecified atom stereocenters. The molecule has 1 saturated heterocycles. The summed E-state index contributed by atoms with van der Waals surface area (Å²) in [4.78, 5) is 20.8. The number of hydrogen-bond acceptors (Lipinski definition) is 4. The van der Waals surface area contributed by atoms with E-state index in [-0.39, 0.29) is 12.5 Å². The Morgan fingerprint density at radius 1 is 1.21 bits per heavy atom. The molecule has 0 radical (unpaired) electrons. The van der Waals surface area contributed by atoms with E-state index in [2.05, 4.69) is 9.88 Å². The second-order valence-corrected chi connectivity index (χ2v) is 6.23. The van der Waals surface area contributed by atoms with Crippen LogP contribution >= 0.6 is 11.6 Å². The molecule has 24 heavy (non-hydrogen) atoms. The van der Waals surface area contributed by atoms with Crippen LogP contribution in [0.5, 0.6) is 0 Å². The summed E-state index contributed by atoms with van der Waals surface area (Å²) in [6, 6.07) is 9.43. The maximum Gasteiger partial charge on any atom is 0.246 e. The van der Waals surface area contributed by atoms with Crippen molar-refractivity contribution in [2.75, 3.05) is 39.3 Å². The Bertz CT molecular complexity index is 755. The molecule has 1 amide bonds. The van der Waals surface area contributed by atoms with Gasteiger partial charge in [0.15, 0.2) is 0 Å². The van der Waals surface area contributed by atoms with Gasteiger partial charge in [-0.3, -0.25) is 9.69 Å². The summed E-state index contributed by atoms with van der Waals surface area (Å²) >= 11 is 6.00. The Morgan fingerprint density at radius 2 is 1.96 bits per heavy atom. The second-order valence-electron chi connectivity index (χ2n) is 5.80. The highest BCUT2D eigenvalue weighted by atomic mass is 35.5. The average Bonchev–Trinajstić information content (AvgIpc) is 2.60. The molecular weight excluding hydrogens is 326 g/mol. The van der Waals surface area contributed by atoms with Crippen LogP contribution in [0, 0.1) is 0 Å². The van der Waals surface area contributed by atoms with Crippen LogP contribution in [0.15, 0.2) is 36.4 Å². The van der Waals surface area contributed by atoms with E-state index in [1.807, 2.05) is 35.2 Å². The van der Waals surface area contributed by atoms with Crippen LogP contribution in [0.25, 0.3) is 17.0 Å². The number of hydrogen-bond donors (Lipinski definition) is 1. The lowest BCUT2D eigenvalue weighted by atomic mass is 10.2. The van der Waals surface area contributed by atoms with Gasteiger partial charge >= 0.3 is 0 Å². The number of rotatable bonds is 4. The SMILES string of the molecule is O=C(/C=C/c1ccc2ccc(Cl)cc2n1)N1CCN(CCO)CC1. The van der Waals surface area contributed by atoms with E-state index in [1.54, 1.807) is 12.2 Å². The Labute approximate surface area is 146 Å². The number of halogens is 1. The molecule has 5 nitrogen and oxygen atoms in total. The summed E-state index contributed by atoms with van der Waals surface area (Å²) in [6.45, 7) is 3.79. The maximum atomic E-state index is 12.3. The average molecular weight is 346 g/mol. The van der Waals surface area contributed by atoms with Gasteiger partial charge in [0.25, 0.3) is 0 Å². The van der Waals surface area contributed by atoms with E-state index < -0.39 is 0 Å². The fraction of sp³-hybridized carbons (Fsp3) is 0.333. The number of carbonyl (C=O) groups is 1. The number of benzene rings is 1. The quantitative estimate of drug-likeness (QED) is 0.862. The minimum absolute atomic E-state index is 0.00774. The van der Waals surface area contributed by atoms with Crippen molar-refractivity contribution in [1.82, 2.24) is 14.8 Å². The largest absolute Gasteiger partial charge is 0.395 e. The van der Waals surface area contributed by atoms with Gasteiger partial charge in [0, 0.05) is 49.2 Å². The molecule has 0 bridgehead atoms. The predicted octanol–water partition coefficient (Wildman–Crippen LogP) is 2.04. The first kappa shape index (κ1) is 16.9. The van der Waals surface area contributed by atoms with Gasteiger partial charge in [0.1, 0.15) is 0 Å². The van der Waals surface area contributed by atoms with Crippen LogP contribution in [-0.4, -0.2) is 65.1 Å². The van der Waals surface area contributed by atoms with Gasteiger partial charge in [0.2, 0.25) is 5.91 Å². The second kappa shape index (κ2) is 7.75. The van der Waals surface area contributed by atoms with E-state index in [9.17, 15) is 4.79 Å². The van der Waals surface area contributed by atoms with Crippen LogP contribution in [0.2, 0.25) is 5.02 Å². The molecule has 0 aliphatic carbocycles. The lowest BCUT2D eigenvalue weighted by molar-refractivity contribution is -0.127. The van der Waals surface area contributed by atoms with Crippen molar-refractivity contribution in [3.63, 3.8) is 0 Å². The summed E-state index contributed by atoms with van der Waals surface area (Å²) in [6.07, 6.45) is 3.31. The molecule has 126 valence electrons. The van der Waals surface area contributed by atoms with Gasteiger partial charge in [-0.1, -0.05) is 23.7 Å². The molecule has 1 aromatic heterocycles. The highest BCUT2D eigenvalue weighted by molar-refractivity contribution is 6.31. The van der Waals surface area contributed by atoms with Crippen LogP contribution in [0.3, 0.4) is 0 Å². The van der Waals surface area contributed by atoms with Crippen molar-refractivity contribution in [2.24, 2.45) is 0 Å². The van der Waals surface area contributed by atoms with Crippen LogP contribution < -0.4 is 0 Å². The van der Waals surface area contributed by atoms with E-state index in [0.717, 1.165) is 29.7 Å². The molecule has 1 aliphatic heterocycles. The molecule has 1 aromatic carbocycles. The van der Waals surface area contributed by atoms with Gasteiger partial charge < -0.3 is 10.0 Å². The Hall–Kier alpha value is -1.95. The molecular formula is C18H20ClN3O2. The van der Waals surface area contributed by atoms with Crippen LogP contribution in [0.1, 0.15) is 5.69 Å². The van der Waals surface area contributed by atoms with Crippen molar-refractivity contribution in [3.8, 4) is 0 Å². The molecule has 2 aromatic rings. The standard InChI is InChI=1S/C18H20ClN3O2/c19-15-3-1-14-2-4-16(20-17(14)13-15)5-6-18(24)22-9-7-21(8-10-22)11-12-23/h1-6,13,23H,7-12H2/b6-5+. The first-order valence-electron chi connectivity index (χ1n) is 8.02.